The number of nitrogens with zero attached hydrogens (tertiary/aromatic N) is 3. The molecule has 3 rings (SSSR count). The Labute approximate surface area is 181 Å². The summed E-state index contributed by atoms with van der Waals surface area (Å²) in [6.45, 7) is 2.99. The van der Waals surface area contributed by atoms with E-state index >= 15 is 0 Å². The first-order valence-corrected chi connectivity index (χ1v) is 11.9. The van der Waals surface area contributed by atoms with Crippen molar-refractivity contribution in [2.24, 2.45) is 0 Å². The van der Waals surface area contributed by atoms with E-state index < -0.39 is 28.3 Å². The van der Waals surface area contributed by atoms with Gasteiger partial charge in [0, 0.05) is 5.75 Å². The van der Waals surface area contributed by atoms with Gasteiger partial charge < -0.3 is 0 Å². The third-order valence-corrected chi connectivity index (χ3v) is 7.46. The maximum atomic E-state index is 14.4. The van der Waals surface area contributed by atoms with E-state index in [0.717, 1.165) is 21.7 Å². The second kappa shape index (κ2) is 9.83. The van der Waals surface area contributed by atoms with Crippen LogP contribution in [0.5, 0.6) is 0 Å². The fourth-order valence-electron chi connectivity index (χ4n) is 2.41. The number of hydrogen-bond acceptors (Lipinski definition) is 7. The summed E-state index contributed by atoms with van der Waals surface area (Å²) in [5.74, 6) is -0.795. The zero-order valence-corrected chi connectivity index (χ0v) is 18.0. The largest absolute Gasteiger partial charge is 0.299 e. The lowest BCUT2D eigenvalue weighted by molar-refractivity contribution is -0.114. The Morgan fingerprint density at radius 3 is 2.57 bits per heavy atom. The zero-order chi connectivity index (χ0) is 21.6. The van der Waals surface area contributed by atoms with Crippen LogP contribution in [-0.2, 0) is 14.8 Å². The lowest BCUT2D eigenvalue weighted by atomic mass is 10.3. The molecule has 0 atom stereocenters. The van der Waals surface area contributed by atoms with Crippen molar-refractivity contribution in [3.63, 3.8) is 0 Å². The van der Waals surface area contributed by atoms with Crippen LogP contribution >= 0.6 is 23.1 Å². The van der Waals surface area contributed by atoms with Gasteiger partial charge in [0.2, 0.25) is 11.0 Å². The Bertz CT molecular complexity index is 1140. The standard InChI is InChI=1S/C19H17FN4O3S3/c1-2-12-28-19-23-22-18(29-19)21-17(25)13-24(16-11-7-6-10-15(16)20)30(26,27)14-8-4-3-5-9-14/h2-11H,1,12-13H2,(H,21,22,25). The molecule has 0 saturated carbocycles. The second-order valence-electron chi connectivity index (χ2n) is 5.80. The summed E-state index contributed by atoms with van der Waals surface area (Å²) in [7, 11) is -4.19. The Balaban J connectivity index is 1.86. The van der Waals surface area contributed by atoms with Crippen molar-refractivity contribution in [3.05, 3.63) is 73.1 Å². The Hall–Kier alpha value is -2.76. The third kappa shape index (κ3) is 5.23. The summed E-state index contributed by atoms with van der Waals surface area (Å²) < 4.78 is 42.1. The van der Waals surface area contributed by atoms with E-state index in [2.05, 4.69) is 22.1 Å². The molecule has 1 aromatic heterocycles. The molecule has 30 heavy (non-hydrogen) atoms. The minimum absolute atomic E-state index is 0.0555. The molecule has 1 heterocycles. The number of benzene rings is 2. The van der Waals surface area contributed by atoms with Crippen LogP contribution < -0.4 is 9.62 Å². The minimum atomic E-state index is -4.19. The highest BCUT2D eigenvalue weighted by Gasteiger charge is 2.29. The molecule has 2 aromatic carbocycles. The molecular weight excluding hydrogens is 447 g/mol. The van der Waals surface area contributed by atoms with Gasteiger partial charge in [-0.15, -0.1) is 16.8 Å². The maximum Gasteiger partial charge on any atom is 0.264 e. The molecule has 0 fully saturated rings. The average Bonchev–Trinajstić information content (AvgIpc) is 3.19. The number of anilines is 2. The maximum absolute atomic E-state index is 14.4. The SMILES string of the molecule is C=CCSc1nnc(NC(=O)CN(c2ccccc2F)S(=O)(=O)c2ccccc2)s1. The quantitative estimate of drug-likeness (QED) is 0.294. The molecule has 0 unspecified atom stereocenters. The number of aromatic nitrogens is 2. The van der Waals surface area contributed by atoms with Crippen LogP contribution in [0.3, 0.4) is 0 Å². The number of thioether (sulfide) groups is 1. The van der Waals surface area contributed by atoms with Crippen molar-refractivity contribution in [3.8, 4) is 0 Å². The predicted octanol–water partition coefficient (Wildman–Crippen LogP) is 3.79. The number of nitrogens with one attached hydrogen (secondary N) is 1. The third-order valence-electron chi connectivity index (χ3n) is 3.72. The van der Waals surface area contributed by atoms with Crippen LogP contribution in [0.1, 0.15) is 0 Å². The number of amides is 1. The van der Waals surface area contributed by atoms with Gasteiger partial charge in [0.25, 0.3) is 10.0 Å². The molecule has 1 amide bonds. The van der Waals surface area contributed by atoms with Gasteiger partial charge in [0.05, 0.1) is 10.6 Å². The monoisotopic (exact) mass is 464 g/mol. The molecule has 3 aromatic rings. The lowest BCUT2D eigenvalue weighted by Crippen LogP contribution is -2.38. The first-order valence-electron chi connectivity index (χ1n) is 8.61. The van der Waals surface area contributed by atoms with Crippen molar-refractivity contribution in [2.45, 2.75) is 9.24 Å². The van der Waals surface area contributed by atoms with E-state index in [1.807, 2.05) is 0 Å². The van der Waals surface area contributed by atoms with Gasteiger partial charge in [0.1, 0.15) is 12.4 Å². The molecule has 0 aliphatic carbocycles. The average molecular weight is 465 g/mol. The Morgan fingerprint density at radius 2 is 1.87 bits per heavy atom. The van der Waals surface area contributed by atoms with E-state index in [1.54, 1.807) is 24.3 Å². The van der Waals surface area contributed by atoms with Gasteiger partial charge in [-0.25, -0.2) is 12.8 Å². The van der Waals surface area contributed by atoms with Crippen LogP contribution in [0, 0.1) is 5.82 Å². The molecule has 0 spiro atoms. The van der Waals surface area contributed by atoms with Crippen molar-refractivity contribution in [2.75, 3.05) is 21.9 Å². The summed E-state index contributed by atoms with van der Waals surface area (Å²) >= 11 is 2.55. The van der Waals surface area contributed by atoms with E-state index in [-0.39, 0.29) is 15.7 Å². The summed E-state index contributed by atoms with van der Waals surface area (Å²) in [6, 6.07) is 12.9. The molecule has 0 aliphatic heterocycles. The highest BCUT2D eigenvalue weighted by Crippen LogP contribution is 2.27. The van der Waals surface area contributed by atoms with Crippen LogP contribution in [0.4, 0.5) is 15.2 Å². The number of rotatable bonds is 9. The van der Waals surface area contributed by atoms with Crippen LogP contribution in [0.15, 0.2) is 76.5 Å². The molecule has 0 saturated heterocycles. The summed E-state index contributed by atoms with van der Waals surface area (Å²) in [5.41, 5.74) is -0.226. The number of hydrogen-bond donors (Lipinski definition) is 1. The first kappa shape index (κ1) is 21.9. The molecule has 0 aliphatic rings. The van der Waals surface area contributed by atoms with E-state index in [1.165, 1.54) is 42.1 Å². The Morgan fingerprint density at radius 1 is 1.17 bits per heavy atom. The zero-order valence-electron chi connectivity index (χ0n) is 15.6. The minimum Gasteiger partial charge on any atom is -0.299 e. The fourth-order valence-corrected chi connectivity index (χ4v) is 5.39. The molecule has 11 heteroatoms. The highest BCUT2D eigenvalue weighted by molar-refractivity contribution is 8.01. The number of carbonyl (C=O) groups excluding carboxylic acids is 1. The number of sulfonamides is 1. The number of carbonyl (C=O) groups is 1. The van der Waals surface area contributed by atoms with Gasteiger partial charge >= 0.3 is 0 Å². The van der Waals surface area contributed by atoms with Gasteiger partial charge in [-0.05, 0) is 24.3 Å². The van der Waals surface area contributed by atoms with Gasteiger partial charge in [0.15, 0.2) is 4.34 Å². The van der Waals surface area contributed by atoms with Crippen molar-refractivity contribution in [1.82, 2.24) is 10.2 Å². The molecule has 0 bridgehead atoms. The topological polar surface area (TPSA) is 92.3 Å². The van der Waals surface area contributed by atoms with Crippen molar-refractivity contribution >= 4 is 49.8 Å². The van der Waals surface area contributed by atoms with Gasteiger partial charge in [-0.1, -0.05) is 59.5 Å². The molecule has 0 radical (unpaired) electrons. The summed E-state index contributed by atoms with van der Waals surface area (Å²) in [6.07, 6.45) is 1.71. The second-order valence-corrected chi connectivity index (χ2v) is 9.90. The predicted molar refractivity (Wildman–Crippen MR) is 117 cm³/mol. The van der Waals surface area contributed by atoms with Gasteiger partial charge in [-0.2, -0.15) is 0 Å². The number of halogens is 1. The molecule has 7 nitrogen and oxygen atoms in total. The van der Waals surface area contributed by atoms with E-state index in [9.17, 15) is 17.6 Å². The molecule has 156 valence electrons. The normalized spacial score (nSPS) is 11.1. The summed E-state index contributed by atoms with van der Waals surface area (Å²) in [5, 5.41) is 10.5. The summed E-state index contributed by atoms with van der Waals surface area (Å²) in [4.78, 5) is 12.5. The van der Waals surface area contributed by atoms with Crippen molar-refractivity contribution < 1.29 is 17.6 Å². The smallest absolute Gasteiger partial charge is 0.264 e. The first-order chi connectivity index (χ1) is 14.4. The van der Waals surface area contributed by atoms with Crippen LogP contribution in [-0.4, -0.2) is 36.8 Å². The molecule has 1 N–H and O–H groups in total. The van der Waals surface area contributed by atoms with Gasteiger partial charge in [-0.3, -0.25) is 14.4 Å². The van der Waals surface area contributed by atoms with Crippen LogP contribution in [0.2, 0.25) is 0 Å². The lowest BCUT2D eigenvalue weighted by Gasteiger charge is -2.24. The highest BCUT2D eigenvalue weighted by atomic mass is 32.2. The number of para-hydroxylation sites is 1. The van der Waals surface area contributed by atoms with Crippen LogP contribution in [0.25, 0.3) is 0 Å². The van der Waals surface area contributed by atoms with Crippen molar-refractivity contribution in [1.29, 1.82) is 0 Å². The fraction of sp³-hybridized carbons (Fsp3) is 0.105. The van der Waals surface area contributed by atoms with E-state index in [4.69, 9.17) is 0 Å². The molecular formula is C19H17FN4O3S3. The Kier molecular flexibility index (Phi) is 7.19. The van der Waals surface area contributed by atoms with E-state index in [0.29, 0.717) is 10.1 Å².